The van der Waals surface area contributed by atoms with E-state index < -0.39 is 16.0 Å². The van der Waals surface area contributed by atoms with Crippen LogP contribution in [0.4, 0.5) is 0 Å². The van der Waals surface area contributed by atoms with Gasteiger partial charge in [-0.15, -0.1) is 0 Å². The highest BCUT2D eigenvalue weighted by atomic mass is 32.2. The van der Waals surface area contributed by atoms with Gasteiger partial charge in [-0.1, -0.05) is 31.2 Å². The minimum absolute atomic E-state index is 0.106. The number of hydrogen-bond donors (Lipinski definition) is 2. The normalized spacial score (nSPS) is 17.7. The van der Waals surface area contributed by atoms with Crippen molar-refractivity contribution >= 4 is 26.9 Å². The number of fused-ring (bicyclic) bond motifs is 1. The first-order valence-corrected chi connectivity index (χ1v) is 9.41. The van der Waals surface area contributed by atoms with Crippen LogP contribution in [-0.4, -0.2) is 24.5 Å². The zero-order valence-corrected chi connectivity index (χ0v) is 14.5. The van der Waals surface area contributed by atoms with E-state index in [1.807, 2.05) is 6.92 Å². The number of allylic oxidation sites excluding steroid dienone is 3. The Kier molecular flexibility index (Phi) is 4.59. The Labute approximate surface area is 145 Å². The number of sulfonamides is 1. The zero-order chi connectivity index (χ0) is 18.0. The van der Waals surface area contributed by atoms with Crippen LogP contribution in [0.5, 0.6) is 0 Å². The third-order valence-electron chi connectivity index (χ3n) is 4.28. The molecule has 1 aliphatic rings. The maximum Gasteiger partial charge on any atom is 0.331 e. The van der Waals surface area contributed by atoms with Gasteiger partial charge in [0.1, 0.15) is 4.90 Å². The van der Waals surface area contributed by atoms with Crippen LogP contribution in [0, 0.1) is 5.92 Å². The van der Waals surface area contributed by atoms with E-state index in [-0.39, 0.29) is 16.4 Å². The number of aromatic nitrogens is 1. The molecule has 1 atom stereocenters. The van der Waals surface area contributed by atoms with Crippen LogP contribution in [-0.2, 0) is 14.8 Å². The van der Waals surface area contributed by atoms with Crippen LogP contribution in [0.3, 0.4) is 0 Å². The van der Waals surface area contributed by atoms with Gasteiger partial charge in [-0.25, -0.2) is 13.2 Å². The molecule has 25 heavy (non-hydrogen) atoms. The number of hydrogen-bond acceptors (Lipinski definition) is 4. The number of pyridine rings is 1. The van der Waals surface area contributed by atoms with Gasteiger partial charge in [-0.05, 0) is 31.1 Å². The second-order valence-corrected chi connectivity index (χ2v) is 7.52. The minimum atomic E-state index is -3.82. The zero-order valence-electron chi connectivity index (χ0n) is 13.6. The number of benzene rings is 1. The van der Waals surface area contributed by atoms with E-state index in [0.29, 0.717) is 24.1 Å². The first kappa shape index (κ1) is 17.2. The third-order valence-corrected chi connectivity index (χ3v) is 5.69. The summed E-state index contributed by atoms with van der Waals surface area (Å²) in [5, 5.41) is 9.86. The molecule has 0 radical (unpaired) electrons. The van der Waals surface area contributed by atoms with Crippen LogP contribution in [0.1, 0.15) is 19.8 Å². The van der Waals surface area contributed by atoms with Crippen molar-refractivity contribution in [2.75, 3.05) is 0 Å². The van der Waals surface area contributed by atoms with E-state index >= 15 is 0 Å². The molecule has 0 aliphatic heterocycles. The van der Waals surface area contributed by atoms with E-state index in [4.69, 9.17) is 5.11 Å². The Morgan fingerprint density at radius 2 is 2.04 bits per heavy atom. The molecule has 1 heterocycles. The highest BCUT2D eigenvalue weighted by Crippen LogP contribution is 2.29. The minimum Gasteiger partial charge on any atom is -0.478 e. The highest BCUT2D eigenvalue weighted by Gasteiger charge is 2.26. The Morgan fingerprint density at radius 3 is 2.76 bits per heavy atom. The van der Waals surface area contributed by atoms with E-state index in [9.17, 15) is 13.2 Å². The molecule has 0 saturated carbocycles. The first-order chi connectivity index (χ1) is 11.9. The Balaban J connectivity index is 1.99. The molecule has 2 aromatic rings. The van der Waals surface area contributed by atoms with Crippen molar-refractivity contribution in [2.24, 2.45) is 5.92 Å². The lowest BCUT2D eigenvalue weighted by Crippen LogP contribution is -2.29. The van der Waals surface area contributed by atoms with Crippen molar-refractivity contribution in [2.45, 2.75) is 24.7 Å². The maximum atomic E-state index is 12.9. The Morgan fingerprint density at radius 1 is 1.28 bits per heavy atom. The molecule has 1 aliphatic carbocycles. The monoisotopic (exact) mass is 358 g/mol. The summed E-state index contributed by atoms with van der Waals surface area (Å²) < 4.78 is 28.3. The number of carboxylic acid groups (broad SMARTS) is 1. The molecular formula is C18H18N2O4S. The van der Waals surface area contributed by atoms with Crippen molar-refractivity contribution in [1.82, 2.24) is 9.71 Å². The summed E-state index contributed by atoms with van der Waals surface area (Å²) in [7, 11) is -3.82. The molecule has 1 unspecified atom stereocenters. The van der Waals surface area contributed by atoms with Gasteiger partial charge in [0.15, 0.2) is 0 Å². The second kappa shape index (κ2) is 6.68. The molecule has 0 amide bonds. The standard InChI is InChI=1S/C18H18N2O4S/c1-2-12-11-14(18(21)22)8-9-15(12)20-25(23,24)16-7-3-5-13-6-4-10-19-17(13)16/h3-10,12,20H,2,11H2,1H3,(H,21,22). The number of aliphatic carboxylic acids is 1. The van der Waals surface area contributed by atoms with Crippen molar-refractivity contribution in [3.05, 3.63) is 60.0 Å². The van der Waals surface area contributed by atoms with Gasteiger partial charge in [-0.3, -0.25) is 9.71 Å². The highest BCUT2D eigenvalue weighted by molar-refractivity contribution is 7.89. The quantitative estimate of drug-likeness (QED) is 0.857. The average molecular weight is 358 g/mol. The second-order valence-electron chi connectivity index (χ2n) is 5.87. The summed E-state index contributed by atoms with van der Waals surface area (Å²) in [6.07, 6.45) is 5.48. The van der Waals surface area contributed by atoms with Crippen LogP contribution >= 0.6 is 0 Å². The van der Waals surface area contributed by atoms with Crippen LogP contribution in [0.25, 0.3) is 10.9 Å². The fraction of sp³-hybridized carbons (Fsp3) is 0.222. The molecule has 130 valence electrons. The van der Waals surface area contributed by atoms with Crippen molar-refractivity contribution in [1.29, 1.82) is 0 Å². The molecular weight excluding hydrogens is 340 g/mol. The smallest absolute Gasteiger partial charge is 0.331 e. The maximum absolute atomic E-state index is 12.9. The lowest BCUT2D eigenvalue weighted by atomic mass is 9.89. The summed E-state index contributed by atoms with van der Waals surface area (Å²) in [5.74, 6) is -1.16. The predicted molar refractivity (Wildman–Crippen MR) is 94.3 cm³/mol. The van der Waals surface area contributed by atoms with Crippen molar-refractivity contribution in [3.8, 4) is 0 Å². The molecule has 3 rings (SSSR count). The molecule has 0 spiro atoms. The summed E-state index contributed by atoms with van der Waals surface area (Å²) in [6, 6.07) is 8.55. The molecule has 2 N–H and O–H groups in total. The molecule has 7 heteroatoms. The summed E-state index contributed by atoms with van der Waals surface area (Å²) in [6.45, 7) is 1.90. The summed E-state index contributed by atoms with van der Waals surface area (Å²) in [5.41, 5.74) is 1.19. The van der Waals surface area contributed by atoms with Gasteiger partial charge < -0.3 is 5.11 Å². The predicted octanol–water partition coefficient (Wildman–Crippen LogP) is 2.84. The SMILES string of the molecule is CCC1CC(C(=O)O)=CC=C1NS(=O)(=O)c1cccc2cccnc12. The number of nitrogens with one attached hydrogen (secondary N) is 1. The lowest BCUT2D eigenvalue weighted by Gasteiger charge is -2.23. The first-order valence-electron chi connectivity index (χ1n) is 7.93. The van der Waals surface area contributed by atoms with Gasteiger partial charge in [0.2, 0.25) is 0 Å². The van der Waals surface area contributed by atoms with Crippen LogP contribution in [0.15, 0.2) is 64.8 Å². The van der Waals surface area contributed by atoms with Gasteiger partial charge in [-0.2, -0.15) is 0 Å². The summed E-state index contributed by atoms with van der Waals surface area (Å²) >= 11 is 0. The number of nitrogens with zero attached hydrogens (tertiary/aromatic N) is 1. The molecule has 1 aromatic carbocycles. The summed E-state index contributed by atoms with van der Waals surface area (Å²) in [4.78, 5) is 15.4. The third kappa shape index (κ3) is 3.41. The molecule has 0 saturated heterocycles. The Hall–Kier alpha value is -2.67. The van der Waals surface area contributed by atoms with Gasteiger partial charge >= 0.3 is 5.97 Å². The van der Waals surface area contributed by atoms with Crippen LogP contribution in [0.2, 0.25) is 0 Å². The van der Waals surface area contributed by atoms with Crippen molar-refractivity contribution < 1.29 is 18.3 Å². The molecule has 0 fully saturated rings. The molecule has 6 nitrogen and oxygen atoms in total. The number of carbonyl (C=O) groups is 1. The number of para-hydroxylation sites is 1. The molecule has 0 bridgehead atoms. The van der Waals surface area contributed by atoms with Gasteiger partial charge in [0.25, 0.3) is 10.0 Å². The number of rotatable bonds is 5. The van der Waals surface area contributed by atoms with E-state index in [1.54, 1.807) is 30.5 Å². The van der Waals surface area contributed by atoms with E-state index in [1.165, 1.54) is 18.2 Å². The molecule has 1 aromatic heterocycles. The largest absolute Gasteiger partial charge is 0.478 e. The van der Waals surface area contributed by atoms with E-state index in [2.05, 4.69) is 9.71 Å². The van der Waals surface area contributed by atoms with Gasteiger partial charge in [0, 0.05) is 28.8 Å². The van der Waals surface area contributed by atoms with Gasteiger partial charge in [0.05, 0.1) is 5.52 Å². The van der Waals surface area contributed by atoms with E-state index in [0.717, 1.165) is 5.39 Å². The lowest BCUT2D eigenvalue weighted by molar-refractivity contribution is -0.132. The number of carboxylic acids is 1. The average Bonchev–Trinajstić information content (AvgIpc) is 2.61. The Bertz CT molecular complexity index is 988. The fourth-order valence-corrected chi connectivity index (χ4v) is 4.25. The van der Waals surface area contributed by atoms with Crippen molar-refractivity contribution in [3.63, 3.8) is 0 Å². The topological polar surface area (TPSA) is 96.4 Å². The van der Waals surface area contributed by atoms with Crippen LogP contribution < -0.4 is 4.72 Å². The fourth-order valence-electron chi connectivity index (χ4n) is 2.91.